The van der Waals surface area contributed by atoms with Gasteiger partial charge in [-0.1, -0.05) is 100 Å². The van der Waals surface area contributed by atoms with Gasteiger partial charge in [0.05, 0.1) is 0 Å². The second-order valence-corrected chi connectivity index (χ2v) is 13.7. The summed E-state index contributed by atoms with van der Waals surface area (Å²) in [6.07, 6.45) is 0.762. The molecular formula is C34H29Br2O2P. The van der Waals surface area contributed by atoms with Crippen LogP contribution < -0.4 is 37.6 Å². The molecule has 5 rings (SSSR count). The zero-order valence-electron chi connectivity index (χ0n) is 21.6. The number of halogens is 2. The van der Waals surface area contributed by atoms with Crippen LogP contribution in [0.5, 0.6) is 5.75 Å². The number of hydrogen-bond acceptors (Lipinski definition) is 2. The fourth-order valence-electron chi connectivity index (χ4n) is 4.80. The molecule has 0 aliphatic heterocycles. The van der Waals surface area contributed by atoms with Crippen molar-refractivity contribution in [1.29, 1.82) is 0 Å². The van der Waals surface area contributed by atoms with Crippen LogP contribution in [0.15, 0.2) is 138 Å². The highest BCUT2D eigenvalue weighted by Crippen LogP contribution is 2.59. The predicted molar refractivity (Wildman–Crippen MR) is 164 cm³/mol. The minimum atomic E-state index is -2.12. The quantitative estimate of drug-likeness (QED) is 0.172. The summed E-state index contributed by atoms with van der Waals surface area (Å²) in [6.45, 7) is 2.01. The lowest BCUT2D eigenvalue weighted by molar-refractivity contribution is -0.0000150. The number of carbonyl (C=O) groups excluding carboxylic acids is 1. The molecule has 0 bridgehead atoms. The third kappa shape index (κ3) is 6.58. The van der Waals surface area contributed by atoms with Gasteiger partial charge in [-0.2, -0.15) is 0 Å². The molecule has 0 N–H and O–H groups in total. The summed E-state index contributed by atoms with van der Waals surface area (Å²) in [4.78, 5) is 12.9. The molecular weight excluding hydrogens is 631 g/mol. The topological polar surface area (TPSA) is 26.3 Å². The van der Waals surface area contributed by atoms with E-state index in [-0.39, 0.29) is 29.4 Å². The normalized spacial score (nSPS) is 10.9. The van der Waals surface area contributed by atoms with Gasteiger partial charge in [0.1, 0.15) is 35.1 Å². The Morgan fingerprint density at radius 2 is 1.18 bits per heavy atom. The van der Waals surface area contributed by atoms with Crippen molar-refractivity contribution in [3.05, 3.63) is 155 Å². The summed E-state index contributed by atoms with van der Waals surface area (Å²) in [6, 6.07) is 46.1. The molecule has 0 aliphatic rings. The first kappa shape index (κ1) is 29.0. The SMILES string of the molecule is Cc1ccc(C(=O)COc2ccc(Br)cc2C[P+](c2ccccc2)(c2ccccc2)c2ccccc2)cc1.[Br-]. The molecule has 0 saturated carbocycles. The summed E-state index contributed by atoms with van der Waals surface area (Å²) >= 11 is 3.69. The van der Waals surface area contributed by atoms with E-state index in [0.29, 0.717) is 5.56 Å². The molecule has 5 aromatic carbocycles. The van der Waals surface area contributed by atoms with E-state index in [1.54, 1.807) is 0 Å². The Bertz CT molecular complexity index is 1410. The van der Waals surface area contributed by atoms with Crippen LogP contribution in [-0.2, 0) is 6.16 Å². The Hall–Kier alpha value is -3.04. The van der Waals surface area contributed by atoms with Crippen molar-refractivity contribution < 1.29 is 26.5 Å². The summed E-state index contributed by atoms with van der Waals surface area (Å²) in [5, 5.41) is 3.91. The van der Waals surface area contributed by atoms with Crippen molar-refractivity contribution in [3.63, 3.8) is 0 Å². The maximum absolute atomic E-state index is 12.9. The molecule has 0 heterocycles. The van der Waals surface area contributed by atoms with Crippen LogP contribution in [0.1, 0.15) is 21.5 Å². The fourth-order valence-corrected chi connectivity index (χ4v) is 9.45. The Kier molecular flexibility index (Phi) is 9.91. The molecule has 0 aromatic heterocycles. The van der Waals surface area contributed by atoms with Gasteiger partial charge in [-0.25, -0.2) is 0 Å². The number of rotatable bonds is 9. The van der Waals surface area contributed by atoms with Gasteiger partial charge in [-0.15, -0.1) is 0 Å². The first-order valence-corrected chi connectivity index (χ1v) is 15.4. The van der Waals surface area contributed by atoms with Gasteiger partial charge < -0.3 is 21.7 Å². The van der Waals surface area contributed by atoms with Crippen LogP contribution in [0.4, 0.5) is 0 Å². The van der Waals surface area contributed by atoms with Gasteiger partial charge in [0.25, 0.3) is 0 Å². The van der Waals surface area contributed by atoms with Crippen molar-refractivity contribution in [1.82, 2.24) is 0 Å². The Morgan fingerprint density at radius 3 is 1.67 bits per heavy atom. The first-order chi connectivity index (χ1) is 18.6. The largest absolute Gasteiger partial charge is 1.00 e. The molecule has 196 valence electrons. The maximum atomic E-state index is 12.9. The molecule has 5 heteroatoms. The molecule has 0 radical (unpaired) electrons. The monoisotopic (exact) mass is 658 g/mol. The van der Waals surface area contributed by atoms with Gasteiger partial charge in [-0.05, 0) is 61.5 Å². The lowest BCUT2D eigenvalue weighted by Gasteiger charge is -2.28. The van der Waals surface area contributed by atoms with Crippen molar-refractivity contribution in [2.45, 2.75) is 13.1 Å². The summed E-state index contributed by atoms with van der Waals surface area (Å²) in [5.41, 5.74) is 2.86. The van der Waals surface area contributed by atoms with Gasteiger partial charge in [0, 0.05) is 15.6 Å². The number of ketones is 1. The number of benzene rings is 5. The number of hydrogen-bond donors (Lipinski definition) is 0. The highest BCUT2D eigenvalue weighted by molar-refractivity contribution is 9.10. The van der Waals surface area contributed by atoms with Crippen LogP contribution in [-0.4, -0.2) is 12.4 Å². The molecule has 0 atom stereocenters. The van der Waals surface area contributed by atoms with Gasteiger partial charge in [-0.3, -0.25) is 4.79 Å². The van der Waals surface area contributed by atoms with Crippen LogP contribution in [0, 0.1) is 6.92 Å². The van der Waals surface area contributed by atoms with Crippen molar-refractivity contribution >= 4 is 44.9 Å². The van der Waals surface area contributed by atoms with Gasteiger partial charge in [0.2, 0.25) is 0 Å². The molecule has 0 unspecified atom stereocenters. The first-order valence-electron chi connectivity index (χ1n) is 12.6. The van der Waals surface area contributed by atoms with Crippen molar-refractivity contribution in [3.8, 4) is 5.75 Å². The molecule has 2 nitrogen and oxygen atoms in total. The zero-order valence-corrected chi connectivity index (χ0v) is 25.7. The molecule has 0 saturated heterocycles. The third-order valence-electron chi connectivity index (χ3n) is 6.75. The van der Waals surface area contributed by atoms with E-state index in [0.717, 1.165) is 27.5 Å². The predicted octanol–water partition coefficient (Wildman–Crippen LogP) is 4.52. The van der Waals surface area contributed by atoms with E-state index in [1.807, 2.05) is 43.3 Å². The summed E-state index contributed by atoms with van der Waals surface area (Å²) in [5.74, 6) is 0.704. The number of Topliss-reactive ketones (excluding diaryl/α,β-unsaturated/α-hetero) is 1. The number of ether oxygens (including phenoxy) is 1. The van der Waals surface area contributed by atoms with E-state index in [2.05, 4.69) is 113 Å². The minimum Gasteiger partial charge on any atom is -1.00 e. The maximum Gasteiger partial charge on any atom is 0.200 e. The Labute approximate surface area is 250 Å². The summed E-state index contributed by atoms with van der Waals surface area (Å²) in [7, 11) is -2.12. The third-order valence-corrected chi connectivity index (χ3v) is 11.6. The highest BCUT2D eigenvalue weighted by atomic mass is 79.9. The molecule has 0 aliphatic carbocycles. The van der Waals surface area contributed by atoms with Crippen LogP contribution in [0.3, 0.4) is 0 Å². The molecule has 0 spiro atoms. The number of aryl methyl sites for hydroxylation is 1. The average molecular weight is 660 g/mol. The molecule has 39 heavy (non-hydrogen) atoms. The van der Waals surface area contributed by atoms with E-state index < -0.39 is 7.26 Å². The highest BCUT2D eigenvalue weighted by Gasteiger charge is 2.46. The van der Waals surface area contributed by atoms with Crippen LogP contribution in [0.2, 0.25) is 0 Å². The van der Waals surface area contributed by atoms with Crippen LogP contribution in [0.25, 0.3) is 0 Å². The molecule has 0 fully saturated rings. The lowest BCUT2D eigenvalue weighted by Crippen LogP contribution is -3.00. The second kappa shape index (κ2) is 13.3. The zero-order chi connectivity index (χ0) is 26.4. The van der Waals surface area contributed by atoms with E-state index in [1.165, 1.54) is 15.9 Å². The standard InChI is InChI=1S/C34H29BrO2P.BrH/c1-26-17-19-27(20-18-26)33(36)24-37-34-22-21-29(35)23-28(34)25-38(30-11-5-2-6-12-30,31-13-7-3-8-14-31)32-15-9-4-10-16-32;/h2-23H,24-25H2,1H3;1H/q+1;/p-1. The summed E-state index contributed by atoms with van der Waals surface area (Å²) < 4.78 is 7.22. The van der Waals surface area contributed by atoms with Gasteiger partial charge >= 0.3 is 0 Å². The second-order valence-electron chi connectivity index (χ2n) is 9.30. The lowest BCUT2D eigenvalue weighted by atomic mass is 10.1. The van der Waals surface area contributed by atoms with E-state index in [4.69, 9.17) is 4.74 Å². The Balaban J connectivity index is 0.00000353. The molecule has 0 amide bonds. The van der Waals surface area contributed by atoms with Crippen LogP contribution >= 0.6 is 23.2 Å². The van der Waals surface area contributed by atoms with E-state index in [9.17, 15) is 4.79 Å². The average Bonchev–Trinajstić information content (AvgIpc) is 2.97. The van der Waals surface area contributed by atoms with Crippen molar-refractivity contribution in [2.75, 3.05) is 6.61 Å². The van der Waals surface area contributed by atoms with Crippen molar-refractivity contribution in [2.24, 2.45) is 0 Å². The Morgan fingerprint density at radius 1 is 0.692 bits per heavy atom. The number of carbonyl (C=O) groups is 1. The fraction of sp³-hybridized carbons (Fsp3) is 0.0882. The minimum absolute atomic E-state index is 0. The van der Waals surface area contributed by atoms with Gasteiger partial charge in [0.15, 0.2) is 12.4 Å². The smallest absolute Gasteiger partial charge is 0.200 e. The molecule has 5 aromatic rings. The van der Waals surface area contributed by atoms with E-state index >= 15 is 0 Å².